The summed E-state index contributed by atoms with van der Waals surface area (Å²) in [5.74, 6) is -1.42. The van der Waals surface area contributed by atoms with E-state index < -0.39 is 23.3 Å². The standard InChI is InChI=1S/C19H23BrF2N4O3S/c1-19(2,3)29-18(27)26-8-6-25(7-9-26)16-10-14(23-17(24-16)30-5)12(21)11(20)13(22)15(10)28-4/h6-9H2,1-5H3. The number of amides is 1. The molecule has 0 radical (unpaired) electrons. The van der Waals surface area contributed by atoms with Gasteiger partial charge in [0.05, 0.1) is 17.0 Å². The molecule has 0 saturated carbocycles. The largest absolute Gasteiger partial charge is 0.493 e. The van der Waals surface area contributed by atoms with Crippen LogP contribution in [0.5, 0.6) is 5.75 Å². The number of thioether (sulfide) groups is 1. The van der Waals surface area contributed by atoms with Crippen molar-refractivity contribution >= 4 is 50.5 Å². The van der Waals surface area contributed by atoms with Gasteiger partial charge in [-0.15, -0.1) is 0 Å². The smallest absolute Gasteiger partial charge is 0.410 e. The van der Waals surface area contributed by atoms with Crippen LogP contribution in [-0.4, -0.2) is 66.1 Å². The van der Waals surface area contributed by atoms with Crippen LogP contribution >= 0.6 is 27.7 Å². The number of fused-ring (bicyclic) bond motifs is 1. The van der Waals surface area contributed by atoms with E-state index in [0.29, 0.717) is 37.2 Å². The highest BCUT2D eigenvalue weighted by Gasteiger charge is 2.30. The summed E-state index contributed by atoms with van der Waals surface area (Å²) in [7, 11) is 1.31. The average molecular weight is 505 g/mol. The zero-order valence-electron chi connectivity index (χ0n) is 17.4. The second-order valence-electron chi connectivity index (χ2n) is 7.69. The number of hydrogen-bond acceptors (Lipinski definition) is 7. The van der Waals surface area contributed by atoms with Crippen LogP contribution in [0.4, 0.5) is 19.4 Å². The maximum absolute atomic E-state index is 14.8. The maximum atomic E-state index is 14.8. The Bertz CT molecular complexity index is 979. The summed E-state index contributed by atoms with van der Waals surface area (Å²) in [4.78, 5) is 24.5. The molecule has 0 unspecified atom stereocenters. The Morgan fingerprint density at radius 2 is 1.77 bits per heavy atom. The molecule has 1 aliphatic heterocycles. The number of rotatable bonds is 3. The van der Waals surface area contributed by atoms with Gasteiger partial charge in [-0.05, 0) is 43.0 Å². The molecule has 7 nitrogen and oxygen atoms in total. The van der Waals surface area contributed by atoms with Crippen molar-refractivity contribution in [1.29, 1.82) is 0 Å². The third-order valence-electron chi connectivity index (χ3n) is 4.51. The predicted molar refractivity (Wildman–Crippen MR) is 116 cm³/mol. The fourth-order valence-corrected chi connectivity index (χ4v) is 3.87. The van der Waals surface area contributed by atoms with Crippen LogP contribution in [-0.2, 0) is 4.74 Å². The summed E-state index contributed by atoms with van der Waals surface area (Å²) in [6.45, 7) is 7.05. The number of carbonyl (C=O) groups is 1. The normalized spacial score (nSPS) is 14.9. The molecule has 1 fully saturated rings. The monoisotopic (exact) mass is 504 g/mol. The highest BCUT2D eigenvalue weighted by Crippen LogP contribution is 2.41. The van der Waals surface area contributed by atoms with E-state index in [4.69, 9.17) is 9.47 Å². The van der Waals surface area contributed by atoms with Crippen molar-refractivity contribution in [1.82, 2.24) is 14.9 Å². The first kappa shape index (κ1) is 22.8. The molecule has 0 bridgehead atoms. The number of piperazine rings is 1. The molecule has 164 valence electrons. The average Bonchev–Trinajstić information content (AvgIpc) is 2.71. The summed E-state index contributed by atoms with van der Waals surface area (Å²) in [5, 5.41) is 0.519. The van der Waals surface area contributed by atoms with Crippen molar-refractivity contribution in [2.24, 2.45) is 0 Å². The van der Waals surface area contributed by atoms with E-state index in [9.17, 15) is 13.6 Å². The molecule has 11 heteroatoms. The minimum atomic E-state index is -0.850. The van der Waals surface area contributed by atoms with Crippen molar-refractivity contribution in [2.75, 3.05) is 44.4 Å². The van der Waals surface area contributed by atoms with Crippen LogP contribution in [0.25, 0.3) is 10.9 Å². The van der Waals surface area contributed by atoms with Crippen LogP contribution in [0.15, 0.2) is 9.63 Å². The Morgan fingerprint density at radius 3 is 2.30 bits per heavy atom. The van der Waals surface area contributed by atoms with Gasteiger partial charge >= 0.3 is 6.09 Å². The van der Waals surface area contributed by atoms with Gasteiger partial charge in [0.25, 0.3) is 0 Å². The molecule has 1 aliphatic rings. The summed E-state index contributed by atoms with van der Waals surface area (Å²) >= 11 is 4.19. The highest BCUT2D eigenvalue weighted by molar-refractivity contribution is 9.10. The number of benzene rings is 1. The van der Waals surface area contributed by atoms with Crippen molar-refractivity contribution in [3.63, 3.8) is 0 Å². The lowest BCUT2D eigenvalue weighted by Gasteiger charge is -2.36. The summed E-state index contributed by atoms with van der Waals surface area (Å²) in [6.07, 6.45) is 1.39. The van der Waals surface area contributed by atoms with E-state index in [-0.39, 0.29) is 21.1 Å². The first-order valence-electron chi connectivity index (χ1n) is 9.26. The zero-order chi connectivity index (χ0) is 22.2. The molecule has 1 aromatic heterocycles. The van der Waals surface area contributed by atoms with Crippen molar-refractivity contribution < 1.29 is 23.0 Å². The lowest BCUT2D eigenvalue weighted by Crippen LogP contribution is -2.50. The number of ether oxygens (including phenoxy) is 2. The fraction of sp³-hybridized carbons (Fsp3) is 0.526. The van der Waals surface area contributed by atoms with Crippen LogP contribution in [0.1, 0.15) is 20.8 Å². The number of methoxy groups -OCH3 is 1. The Hall–Kier alpha value is -1.88. The van der Waals surface area contributed by atoms with E-state index in [0.717, 1.165) is 0 Å². The van der Waals surface area contributed by atoms with Gasteiger partial charge in [0.2, 0.25) is 0 Å². The second-order valence-corrected chi connectivity index (χ2v) is 9.25. The third-order valence-corrected chi connectivity index (χ3v) is 5.75. The summed E-state index contributed by atoms with van der Waals surface area (Å²) in [6, 6.07) is 0. The minimum Gasteiger partial charge on any atom is -0.493 e. The lowest BCUT2D eigenvalue weighted by molar-refractivity contribution is 0.0240. The molecule has 30 heavy (non-hydrogen) atoms. The van der Waals surface area contributed by atoms with Gasteiger partial charge in [0, 0.05) is 26.2 Å². The topological polar surface area (TPSA) is 67.8 Å². The van der Waals surface area contributed by atoms with Crippen LogP contribution in [0, 0.1) is 11.6 Å². The van der Waals surface area contributed by atoms with E-state index >= 15 is 0 Å². The molecule has 1 aromatic carbocycles. The van der Waals surface area contributed by atoms with Crippen LogP contribution in [0.2, 0.25) is 0 Å². The zero-order valence-corrected chi connectivity index (χ0v) is 19.8. The molecule has 3 rings (SSSR count). The first-order chi connectivity index (χ1) is 14.1. The lowest BCUT2D eigenvalue weighted by atomic mass is 10.1. The van der Waals surface area contributed by atoms with Crippen LogP contribution in [0.3, 0.4) is 0 Å². The molecule has 2 heterocycles. The van der Waals surface area contributed by atoms with E-state index in [1.54, 1.807) is 11.2 Å². The van der Waals surface area contributed by atoms with Crippen LogP contribution < -0.4 is 9.64 Å². The number of nitrogens with zero attached hydrogens (tertiary/aromatic N) is 4. The SMILES string of the molecule is COc1c(F)c(Br)c(F)c2nc(SC)nc(N3CCN(C(=O)OC(C)(C)C)CC3)c12. The molecular weight excluding hydrogens is 482 g/mol. The molecule has 0 aliphatic carbocycles. The quantitative estimate of drug-likeness (QED) is 0.347. The highest BCUT2D eigenvalue weighted by atomic mass is 79.9. The molecule has 1 amide bonds. The number of hydrogen-bond donors (Lipinski definition) is 0. The van der Waals surface area contributed by atoms with E-state index in [1.165, 1.54) is 18.9 Å². The van der Waals surface area contributed by atoms with Gasteiger partial charge in [-0.1, -0.05) is 11.8 Å². The van der Waals surface area contributed by atoms with Gasteiger partial charge < -0.3 is 19.3 Å². The number of anilines is 1. The Balaban J connectivity index is 2.00. The minimum absolute atomic E-state index is 0.0240. The van der Waals surface area contributed by atoms with Gasteiger partial charge in [0.15, 0.2) is 22.5 Å². The summed E-state index contributed by atoms with van der Waals surface area (Å²) < 4.78 is 39.9. The van der Waals surface area contributed by atoms with Gasteiger partial charge in [-0.2, -0.15) is 0 Å². The van der Waals surface area contributed by atoms with Gasteiger partial charge in [0.1, 0.15) is 16.9 Å². The summed E-state index contributed by atoms with van der Waals surface area (Å²) in [5.41, 5.74) is -0.607. The molecule has 0 spiro atoms. The number of aromatic nitrogens is 2. The Morgan fingerprint density at radius 1 is 1.13 bits per heavy atom. The number of halogens is 3. The molecule has 0 N–H and O–H groups in total. The Kier molecular flexibility index (Phi) is 6.61. The van der Waals surface area contributed by atoms with Gasteiger partial charge in [-0.3, -0.25) is 0 Å². The second kappa shape index (κ2) is 8.70. The maximum Gasteiger partial charge on any atom is 0.410 e. The predicted octanol–water partition coefficient (Wildman–Crippen LogP) is 4.46. The van der Waals surface area contributed by atoms with Crippen molar-refractivity contribution in [3.05, 3.63) is 16.1 Å². The number of carbonyl (C=O) groups excluding carboxylic acids is 1. The first-order valence-corrected chi connectivity index (χ1v) is 11.3. The Labute approximate surface area is 186 Å². The molecule has 0 atom stereocenters. The van der Waals surface area contributed by atoms with E-state index in [2.05, 4.69) is 25.9 Å². The third kappa shape index (κ3) is 4.41. The molecular formula is C19H23BrF2N4O3S. The van der Waals surface area contributed by atoms with Gasteiger partial charge in [-0.25, -0.2) is 23.5 Å². The van der Waals surface area contributed by atoms with Crippen molar-refractivity contribution in [2.45, 2.75) is 31.5 Å². The molecule has 1 saturated heterocycles. The fourth-order valence-electron chi connectivity index (χ4n) is 3.15. The van der Waals surface area contributed by atoms with E-state index in [1.807, 2.05) is 25.7 Å². The van der Waals surface area contributed by atoms with Crippen molar-refractivity contribution in [3.8, 4) is 5.75 Å². The molecule has 2 aromatic rings.